The fourth-order valence-corrected chi connectivity index (χ4v) is 3.95. The molecule has 1 heterocycles. The van der Waals surface area contributed by atoms with E-state index < -0.39 is 11.2 Å². The average Bonchev–Trinajstić information content (AvgIpc) is 2.71. The van der Waals surface area contributed by atoms with Crippen molar-refractivity contribution in [1.82, 2.24) is 14.9 Å². The number of hydrogen-bond acceptors (Lipinski definition) is 5. The molecule has 2 aromatic carbocycles. The van der Waals surface area contributed by atoms with E-state index in [2.05, 4.69) is 10.3 Å². The molecule has 8 nitrogen and oxygen atoms in total. The number of carbonyl (C=O) groups excluding carboxylic acids is 1. The van der Waals surface area contributed by atoms with E-state index in [9.17, 15) is 14.4 Å². The minimum absolute atomic E-state index is 0.0216. The van der Waals surface area contributed by atoms with Crippen molar-refractivity contribution in [2.75, 3.05) is 24.2 Å². The Morgan fingerprint density at radius 3 is 2.53 bits per heavy atom. The summed E-state index contributed by atoms with van der Waals surface area (Å²) in [6, 6.07) is 13.9. The van der Waals surface area contributed by atoms with Crippen molar-refractivity contribution in [3.63, 3.8) is 0 Å². The van der Waals surface area contributed by atoms with Gasteiger partial charge >= 0.3 is 5.69 Å². The normalized spacial score (nSPS) is 11.8. The van der Waals surface area contributed by atoms with E-state index in [1.54, 1.807) is 32.2 Å². The largest absolute Gasteiger partial charge is 0.383 e. The van der Waals surface area contributed by atoms with Crippen LogP contribution in [-0.4, -0.2) is 29.1 Å². The summed E-state index contributed by atoms with van der Waals surface area (Å²) < 4.78 is 1.26. The van der Waals surface area contributed by atoms with Crippen LogP contribution in [0, 0.1) is 0 Å². The van der Waals surface area contributed by atoms with Crippen LogP contribution in [0.3, 0.4) is 0 Å². The third kappa shape index (κ3) is 5.33. The van der Waals surface area contributed by atoms with Crippen LogP contribution in [-0.2, 0) is 11.3 Å². The third-order valence-electron chi connectivity index (χ3n) is 4.97. The highest BCUT2D eigenvalue weighted by atomic mass is 35.5. The Hall–Kier alpha value is -3.23. The number of aromatic amines is 1. The Morgan fingerprint density at radius 2 is 1.88 bits per heavy atom. The molecule has 0 aliphatic rings. The number of nitrogens with two attached hydrogens (primary N) is 1. The van der Waals surface area contributed by atoms with Crippen molar-refractivity contribution < 1.29 is 4.79 Å². The van der Waals surface area contributed by atoms with E-state index >= 15 is 0 Å². The number of amides is 1. The summed E-state index contributed by atoms with van der Waals surface area (Å²) in [6.45, 7) is 1.81. The van der Waals surface area contributed by atoms with Gasteiger partial charge in [0.05, 0.1) is 19.1 Å². The van der Waals surface area contributed by atoms with Crippen LogP contribution in [0.1, 0.15) is 24.1 Å². The van der Waals surface area contributed by atoms with E-state index in [1.165, 1.54) is 9.47 Å². The standard InChI is InChI=1S/C22H23Cl2N5O3/c1-13(16-9-8-15(23)10-17(16)24)26-18(30)12-28(2)19-20(25)29(22(32)27-21(19)31)11-14-6-4-3-5-7-14/h3-10,13H,11-12,25H2,1-2H3,(H,26,30)(H,27,31,32). The maximum atomic E-state index is 12.6. The van der Waals surface area contributed by atoms with Gasteiger partial charge in [-0.25, -0.2) is 4.79 Å². The number of aromatic nitrogens is 2. The Bertz CT molecular complexity index is 1240. The molecular formula is C22H23Cl2N5O3. The molecule has 0 aliphatic carbocycles. The minimum Gasteiger partial charge on any atom is -0.383 e. The maximum Gasteiger partial charge on any atom is 0.330 e. The smallest absolute Gasteiger partial charge is 0.330 e. The van der Waals surface area contributed by atoms with Crippen LogP contribution >= 0.6 is 23.2 Å². The summed E-state index contributed by atoms with van der Waals surface area (Å²) >= 11 is 12.1. The zero-order valence-electron chi connectivity index (χ0n) is 17.6. The second-order valence-corrected chi connectivity index (χ2v) is 8.22. The summed E-state index contributed by atoms with van der Waals surface area (Å²) in [6.07, 6.45) is 0. The summed E-state index contributed by atoms with van der Waals surface area (Å²) in [5, 5.41) is 3.77. The second kappa shape index (κ2) is 9.93. The number of nitrogen functional groups attached to an aromatic ring is 1. The van der Waals surface area contributed by atoms with Gasteiger partial charge in [0.1, 0.15) is 11.5 Å². The molecule has 1 aromatic heterocycles. The fourth-order valence-electron chi connectivity index (χ4n) is 3.38. The highest BCUT2D eigenvalue weighted by molar-refractivity contribution is 6.35. The molecule has 0 spiro atoms. The number of likely N-dealkylation sites (N-methyl/N-ethyl adjacent to an activating group) is 1. The molecule has 1 amide bonds. The summed E-state index contributed by atoms with van der Waals surface area (Å²) in [4.78, 5) is 41.1. The molecule has 10 heteroatoms. The number of halogens is 2. The van der Waals surface area contributed by atoms with Crippen LogP contribution in [0.4, 0.5) is 11.5 Å². The van der Waals surface area contributed by atoms with Crippen LogP contribution < -0.4 is 27.2 Å². The van der Waals surface area contributed by atoms with Crippen LogP contribution in [0.2, 0.25) is 10.0 Å². The first-order chi connectivity index (χ1) is 15.2. The topological polar surface area (TPSA) is 113 Å². The van der Waals surface area contributed by atoms with Gasteiger partial charge in [-0.15, -0.1) is 0 Å². The molecule has 1 unspecified atom stereocenters. The van der Waals surface area contributed by atoms with Crippen molar-refractivity contribution in [2.45, 2.75) is 19.5 Å². The van der Waals surface area contributed by atoms with Crippen molar-refractivity contribution in [2.24, 2.45) is 0 Å². The van der Waals surface area contributed by atoms with E-state index in [-0.39, 0.29) is 36.5 Å². The van der Waals surface area contributed by atoms with Crippen molar-refractivity contribution in [3.05, 3.63) is 90.5 Å². The summed E-state index contributed by atoms with van der Waals surface area (Å²) in [7, 11) is 1.55. The average molecular weight is 476 g/mol. The van der Waals surface area contributed by atoms with Crippen LogP contribution in [0.15, 0.2) is 58.1 Å². The molecule has 0 saturated heterocycles. The molecule has 0 saturated carbocycles. The summed E-state index contributed by atoms with van der Waals surface area (Å²) in [5.74, 6) is -0.377. The van der Waals surface area contributed by atoms with Gasteiger partial charge in [0.15, 0.2) is 0 Å². The number of benzene rings is 2. The van der Waals surface area contributed by atoms with E-state index in [0.717, 1.165) is 5.56 Å². The molecule has 0 fully saturated rings. The van der Waals surface area contributed by atoms with Gasteiger partial charge in [0.2, 0.25) is 5.91 Å². The second-order valence-electron chi connectivity index (χ2n) is 7.38. The van der Waals surface area contributed by atoms with E-state index in [0.29, 0.717) is 15.6 Å². The molecule has 32 heavy (non-hydrogen) atoms. The highest BCUT2D eigenvalue weighted by Gasteiger charge is 2.20. The summed E-state index contributed by atoms with van der Waals surface area (Å²) in [5.41, 5.74) is 6.47. The van der Waals surface area contributed by atoms with E-state index in [4.69, 9.17) is 28.9 Å². The zero-order chi connectivity index (χ0) is 23.4. The van der Waals surface area contributed by atoms with Crippen molar-refractivity contribution in [1.29, 1.82) is 0 Å². The number of hydrogen-bond donors (Lipinski definition) is 3. The lowest BCUT2D eigenvalue weighted by Crippen LogP contribution is -2.41. The van der Waals surface area contributed by atoms with Gasteiger partial charge in [-0.1, -0.05) is 59.6 Å². The third-order valence-corrected chi connectivity index (χ3v) is 5.53. The lowest BCUT2D eigenvalue weighted by atomic mass is 10.1. The van der Waals surface area contributed by atoms with Crippen LogP contribution in [0.25, 0.3) is 0 Å². The number of H-pyrrole nitrogens is 1. The molecule has 0 radical (unpaired) electrons. The molecule has 4 N–H and O–H groups in total. The molecule has 3 aromatic rings. The molecule has 168 valence electrons. The quantitative estimate of drug-likeness (QED) is 0.486. The van der Waals surface area contributed by atoms with Crippen molar-refractivity contribution >= 4 is 40.6 Å². The molecule has 1 atom stereocenters. The minimum atomic E-state index is -0.666. The van der Waals surface area contributed by atoms with Gasteiger partial charge < -0.3 is 16.0 Å². The van der Waals surface area contributed by atoms with Gasteiger partial charge in [0.25, 0.3) is 5.56 Å². The number of anilines is 2. The monoisotopic (exact) mass is 475 g/mol. The molecule has 0 aliphatic heterocycles. The van der Waals surface area contributed by atoms with E-state index in [1.807, 2.05) is 30.3 Å². The Labute approximate surface area is 194 Å². The zero-order valence-corrected chi connectivity index (χ0v) is 19.1. The number of nitrogens with zero attached hydrogens (tertiary/aromatic N) is 2. The number of carbonyl (C=O) groups is 1. The lowest BCUT2D eigenvalue weighted by Gasteiger charge is -2.23. The molecule has 3 rings (SSSR count). The Morgan fingerprint density at radius 1 is 1.19 bits per heavy atom. The Kier molecular flexibility index (Phi) is 7.27. The SMILES string of the molecule is CC(NC(=O)CN(C)c1c(N)n(Cc2ccccc2)c(=O)[nH]c1=O)c1ccc(Cl)cc1Cl. The predicted octanol–water partition coefficient (Wildman–Crippen LogP) is 2.79. The first kappa shape index (κ1) is 23.4. The predicted molar refractivity (Wildman–Crippen MR) is 128 cm³/mol. The van der Waals surface area contributed by atoms with Gasteiger partial charge in [0, 0.05) is 17.1 Å². The molecular weight excluding hydrogens is 453 g/mol. The first-order valence-corrected chi connectivity index (χ1v) is 10.5. The maximum absolute atomic E-state index is 12.6. The molecule has 0 bridgehead atoms. The first-order valence-electron chi connectivity index (χ1n) is 9.79. The highest BCUT2D eigenvalue weighted by Crippen LogP contribution is 2.26. The van der Waals surface area contributed by atoms with Gasteiger partial charge in [-0.3, -0.25) is 19.1 Å². The fraction of sp³-hybridized carbons (Fsp3) is 0.227. The van der Waals surface area contributed by atoms with Gasteiger partial charge in [-0.2, -0.15) is 0 Å². The number of rotatable bonds is 7. The number of nitrogens with one attached hydrogen (secondary N) is 2. The lowest BCUT2D eigenvalue weighted by molar-refractivity contribution is -0.120. The van der Waals surface area contributed by atoms with Gasteiger partial charge in [-0.05, 0) is 30.2 Å². The van der Waals surface area contributed by atoms with Crippen molar-refractivity contribution in [3.8, 4) is 0 Å². The Balaban J connectivity index is 1.79. The van der Waals surface area contributed by atoms with Crippen LogP contribution in [0.5, 0.6) is 0 Å².